The summed E-state index contributed by atoms with van der Waals surface area (Å²) < 4.78 is 6.81. The molecule has 0 amide bonds. The Labute approximate surface area is 124 Å². The smallest absolute Gasteiger partial charge is 0.310 e. The zero-order valence-corrected chi connectivity index (χ0v) is 13.6. The number of ether oxygens (including phenoxy) is 1. The lowest BCUT2D eigenvalue weighted by molar-refractivity contribution is -0.139. The fourth-order valence-corrected chi connectivity index (χ4v) is 4.60. The Hall–Kier alpha value is -0.170. The summed E-state index contributed by atoms with van der Waals surface area (Å²) in [4.78, 5) is 13.6. The number of hydrogen-bond acceptors (Lipinski definition) is 4. The molecule has 0 aliphatic rings. The highest BCUT2D eigenvalue weighted by molar-refractivity contribution is 9.11. The van der Waals surface area contributed by atoms with Crippen molar-refractivity contribution in [2.24, 2.45) is 0 Å². The summed E-state index contributed by atoms with van der Waals surface area (Å²) in [6.45, 7) is 0. The van der Waals surface area contributed by atoms with Crippen molar-refractivity contribution in [3.63, 3.8) is 0 Å². The average molecular weight is 396 g/mol. The molecule has 0 aromatic carbocycles. The molecule has 2 aromatic heterocycles. The molecule has 17 heavy (non-hydrogen) atoms. The number of esters is 1. The second-order valence-corrected chi connectivity index (χ2v) is 8.16. The van der Waals surface area contributed by atoms with Gasteiger partial charge in [-0.3, -0.25) is 4.79 Å². The van der Waals surface area contributed by atoms with Crippen LogP contribution in [0.15, 0.2) is 25.8 Å². The molecule has 0 aliphatic carbocycles. The van der Waals surface area contributed by atoms with E-state index in [1.54, 1.807) is 22.7 Å². The summed E-state index contributed by atoms with van der Waals surface area (Å²) >= 11 is 10.2. The Morgan fingerprint density at radius 2 is 2.06 bits per heavy atom. The van der Waals surface area contributed by atoms with Gasteiger partial charge in [0.1, 0.15) is 0 Å². The summed E-state index contributed by atoms with van der Waals surface area (Å²) in [5.41, 5.74) is 1.00. The van der Waals surface area contributed by atoms with Crippen LogP contribution in [0, 0.1) is 0 Å². The molecule has 2 aromatic rings. The first-order chi connectivity index (χ1) is 8.10. The molecular weight excluding hydrogens is 388 g/mol. The largest absolute Gasteiger partial charge is 0.469 e. The lowest BCUT2D eigenvalue weighted by atomic mass is 10.2. The minimum atomic E-state index is -0.216. The van der Waals surface area contributed by atoms with Crippen molar-refractivity contribution < 1.29 is 9.53 Å². The first-order valence-electron chi connectivity index (χ1n) is 4.71. The van der Waals surface area contributed by atoms with Gasteiger partial charge in [0.2, 0.25) is 0 Å². The van der Waals surface area contributed by atoms with Crippen LogP contribution in [-0.2, 0) is 16.0 Å². The molecule has 2 nitrogen and oxygen atoms in total. The molecule has 0 aliphatic heterocycles. The zero-order chi connectivity index (χ0) is 12.4. The number of methoxy groups -OCH3 is 1. The van der Waals surface area contributed by atoms with E-state index in [9.17, 15) is 4.79 Å². The highest BCUT2D eigenvalue weighted by Crippen LogP contribution is 2.40. The summed E-state index contributed by atoms with van der Waals surface area (Å²) in [5, 5.41) is 0. The van der Waals surface area contributed by atoms with E-state index in [0.717, 1.165) is 22.9 Å². The summed E-state index contributed by atoms with van der Waals surface area (Å²) in [6, 6.07) is 6.04. The molecule has 0 fully saturated rings. The van der Waals surface area contributed by atoms with Crippen molar-refractivity contribution in [2.45, 2.75) is 6.42 Å². The lowest BCUT2D eigenvalue weighted by Crippen LogP contribution is -2.04. The van der Waals surface area contributed by atoms with Crippen LogP contribution >= 0.6 is 54.5 Å². The van der Waals surface area contributed by atoms with E-state index in [4.69, 9.17) is 4.74 Å². The number of hydrogen-bond donors (Lipinski definition) is 0. The third-order valence-electron chi connectivity index (χ3n) is 2.14. The summed E-state index contributed by atoms with van der Waals surface area (Å²) in [7, 11) is 1.41. The Kier molecular flexibility index (Phi) is 4.41. The molecule has 0 unspecified atom stereocenters. The molecule has 6 heteroatoms. The van der Waals surface area contributed by atoms with E-state index in [1.165, 1.54) is 7.11 Å². The van der Waals surface area contributed by atoms with Crippen LogP contribution in [-0.4, -0.2) is 13.1 Å². The maximum Gasteiger partial charge on any atom is 0.310 e. The molecular formula is C11H8Br2O2S2. The predicted octanol–water partition coefficient (Wildman–Crippen LogP) is 4.72. The molecule has 90 valence electrons. The molecule has 2 rings (SSSR count). The van der Waals surface area contributed by atoms with E-state index in [2.05, 4.69) is 31.9 Å². The highest BCUT2D eigenvalue weighted by Gasteiger charge is 2.15. The van der Waals surface area contributed by atoms with E-state index in [1.807, 2.05) is 18.2 Å². The number of thiophene rings is 2. The zero-order valence-electron chi connectivity index (χ0n) is 8.83. The van der Waals surface area contributed by atoms with Gasteiger partial charge in [0.15, 0.2) is 0 Å². The van der Waals surface area contributed by atoms with Crippen LogP contribution in [0.25, 0.3) is 9.75 Å². The number of carbonyl (C=O) groups is 1. The van der Waals surface area contributed by atoms with Gasteiger partial charge in [0.05, 0.1) is 21.1 Å². The van der Waals surface area contributed by atoms with Crippen LogP contribution < -0.4 is 0 Å². The third-order valence-corrected chi connectivity index (χ3v) is 5.62. The molecule has 2 heterocycles. The van der Waals surface area contributed by atoms with Crippen molar-refractivity contribution in [2.75, 3.05) is 7.11 Å². The molecule has 0 atom stereocenters. The maximum atomic E-state index is 11.3. The molecule has 0 spiro atoms. The Bertz CT molecular complexity index is 545. The standard InChI is InChI=1S/C11H8Br2O2S2/c1-15-10(14)5-6-4-9(13)17-11(6)7-2-3-8(12)16-7/h2-4H,5H2,1H3. The van der Waals surface area contributed by atoms with Gasteiger partial charge in [-0.2, -0.15) is 0 Å². The molecule has 0 radical (unpaired) electrons. The van der Waals surface area contributed by atoms with Gasteiger partial charge in [-0.25, -0.2) is 0 Å². The van der Waals surface area contributed by atoms with E-state index in [0.29, 0.717) is 6.42 Å². The number of rotatable bonds is 3. The monoisotopic (exact) mass is 394 g/mol. The van der Waals surface area contributed by atoms with Crippen molar-refractivity contribution in [1.29, 1.82) is 0 Å². The first kappa shape index (κ1) is 13.3. The van der Waals surface area contributed by atoms with E-state index < -0.39 is 0 Å². The average Bonchev–Trinajstić information content (AvgIpc) is 2.85. The van der Waals surface area contributed by atoms with Crippen molar-refractivity contribution >= 4 is 60.5 Å². The van der Waals surface area contributed by atoms with Gasteiger partial charge in [-0.15, -0.1) is 22.7 Å². The van der Waals surface area contributed by atoms with Crippen LogP contribution in [0.5, 0.6) is 0 Å². The van der Waals surface area contributed by atoms with Gasteiger partial charge >= 0.3 is 5.97 Å². The summed E-state index contributed by atoms with van der Waals surface area (Å²) in [5.74, 6) is -0.216. The van der Waals surface area contributed by atoms with E-state index in [-0.39, 0.29) is 5.97 Å². The Balaban J connectivity index is 2.36. The van der Waals surface area contributed by atoms with Gasteiger partial charge in [0.25, 0.3) is 0 Å². The van der Waals surface area contributed by atoms with Gasteiger partial charge in [-0.05, 0) is 55.6 Å². The third kappa shape index (κ3) is 3.19. The molecule has 0 saturated heterocycles. The fourth-order valence-electron chi connectivity index (χ4n) is 1.40. The van der Waals surface area contributed by atoms with Crippen molar-refractivity contribution in [1.82, 2.24) is 0 Å². The molecule has 0 N–H and O–H groups in total. The Morgan fingerprint density at radius 3 is 2.65 bits per heavy atom. The fraction of sp³-hybridized carbons (Fsp3) is 0.182. The number of halogens is 2. The molecule has 0 saturated carbocycles. The quantitative estimate of drug-likeness (QED) is 0.703. The lowest BCUT2D eigenvalue weighted by Gasteiger charge is -2.00. The van der Waals surface area contributed by atoms with Crippen LogP contribution in [0.2, 0.25) is 0 Å². The maximum absolute atomic E-state index is 11.3. The molecule has 0 bridgehead atoms. The van der Waals surface area contributed by atoms with Crippen LogP contribution in [0.3, 0.4) is 0 Å². The topological polar surface area (TPSA) is 26.3 Å². The second-order valence-electron chi connectivity index (χ2n) is 3.26. The van der Waals surface area contributed by atoms with Gasteiger partial charge < -0.3 is 4.74 Å². The predicted molar refractivity (Wildman–Crippen MR) is 78.8 cm³/mol. The first-order valence-corrected chi connectivity index (χ1v) is 7.93. The normalized spacial score (nSPS) is 10.5. The SMILES string of the molecule is COC(=O)Cc1cc(Br)sc1-c1ccc(Br)s1. The van der Waals surface area contributed by atoms with Crippen LogP contribution in [0.1, 0.15) is 5.56 Å². The minimum Gasteiger partial charge on any atom is -0.469 e. The minimum absolute atomic E-state index is 0.216. The van der Waals surface area contributed by atoms with E-state index >= 15 is 0 Å². The second kappa shape index (κ2) is 5.65. The highest BCUT2D eigenvalue weighted by atomic mass is 79.9. The van der Waals surface area contributed by atoms with Crippen LogP contribution in [0.4, 0.5) is 0 Å². The Morgan fingerprint density at radius 1 is 1.29 bits per heavy atom. The van der Waals surface area contributed by atoms with Crippen molar-refractivity contribution in [3.05, 3.63) is 31.3 Å². The van der Waals surface area contributed by atoms with Crippen molar-refractivity contribution in [3.8, 4) is 9.75 Å². The van der Waals surface area contributed by atoms with Gasteiger partial charge in [-0.1, -0.05) is 0 Å². The van der Waals surface area contributed by atoms with Gasteiger partial charge in [0, 0.05) is 9.75 Å². The summed E-state index contributed by atoms with van der Waals surface area (Å²) in [6.07, 6.45) is 0.309. The number of carbonyl (C=O) groups excluding carboxylic acids is 1.